The van der Waals surface area contributed by atoms with Crippen molar-refractivity contribution in [2.75, 3.05) is 11.9 Å². The van der Waals surface area contributed by atoms with Crippen LogP contribution in [0.1, 0.15) is 17.4 Å². The molecule has 8 heteroatoms. The van der Waals surface area contributed by atoms with E-state index in [0.717, 1.165) is 0 Å². The SMILES string of the molecule is CC(CO)Nc1cc(C(N)=O)nc(-c2ccc(Oc3ccc(F)cc3)cc2)n1. The number of aliphatic hydroxyl groups excluding tert-OH is 1. The number of carbonyl (C=O) groups is 1. The molecule has 3 aromatic rings. The number of halogens is 1. The number of rotatable bonds is 7. The van der Waals surface area contributed by atoms with Gasteiger partial charge in [-0.25, -0.2) is 14.4 Å². The van der Waals surface area contributed by atoms with Crippen molar-refractivity contribution in [2.24, 2.45) is 5.73 Å². The lowest BCUT2D eigenvalue weighted by atomic mass is 10.2. The smallest absolute Gasteiger partial charge is 0.267 e. The number of aromatic nitrogens is 2. The predicted octanol–water partition coefficient (Wildman–Crippen LogP) is 2.97. The number of nitrogens with one attached hydrogen (secondary N) is 1. The summed E-state index contributed by atoms with van der Waals surface area (Å²) < 4.78 is 18.6. The molecule has 1 unspecified atom stereocenters. The Hall–Kier alpha value is -3.52. The molecule has 0 aliphatic heterocycles. The van der Waals surface area contributed by atoms with Gasteiger partial charge in [0.1, 0.15) is 28.8 Å². The quantitative estimate of drug-likeness (QED) is 0.579. The van der Waals surface area contributed by atoms with E-state index in [4.69, 9.17) is 10.5 Å². The van der Waals surface area contributed by atoms with Crippen LogP contribution in [0, 0.1) is 5.82 Å². The van der Waals surface area contributed by atoms with E-state index in [1.807, 2.05) is 0 Å². The van der Waals surface area contributed by atoms with Crippen LogP contribution in [0.4, 0.5) is 10.2 Å². The highest BCUT2D eigenvalue weighted by molar-refractivity contribution is 5.92. The number of benzene rings is 2. The zero-order valence-electron chi connectivity index (χ0n) is 15.1. The Labute approximate surface area is 161 Å². The fourth-order valence-electron chi connectivity index (χ4n) is 2.39. The van der Waals surface area contributed by atoms with E-state index in [2.05, 4.69) is 15.3 Å². The number of hydrogen-bond acceptors (Lipinski definition) is 6. The van der Waals surface area contributed by atoms with E-state index in [-0.39, 0.29) is 24.2 Å². The Bertz CT molecular complexity index is 962. The van der Waals surface area contributed by atoms with Gasteiger partial charge in [0.05, 0.1) is 6.61 Å². The first-order valence-corrected chi connectivity index (χ1v) is 8.55. The average molecular weight is 382 g/mol. The number of carbonyl (C=O) groups excluding carboxylic acids is 1. The molecule has 1 amide bonds. The largest absolute Gasteiger partial charge is 0.457 e. The van der Waals surface area contributed by atoms with Gasteiger partial charge < -0.3 is 20.9 Å². The molecule has 1 aromatic heterocycles. The number of amides is 1. The molecule has 2 aromatic carbocycles. The highest BCUT2D eigenvalue weighted by atomic mass is 19.1. The first-order chi connectivity index (χ1) is 13.4. The zero-order chi connectivity index (χ0) is 20.1. The van der Waals surface area contributed by atoms with Gasteiger partial charge in [-0.3, -0.25) is 4.79 Å². The topological polar surface area (TPSA) is 110 Å². The minimum Gasteiger partial charge on any atom is -0.457 e. The summed E-state index contributed by atoms with van der Waals surface area (Å²) >= 11 is 0. The summed E-state index contributed by atoms with van der Waals surface area (Å²) in [5, 5.41) is 12.2. The van der Waals surface area contributed by atoms with Crippen LogP contribution in [0.25, 0.3) is 11.4 Å². The second-order valence-electron chi connectivity index (χ2n) is 6.13. The van der Waals surface area contributed by atoms with Crippen molar-refractivity contribution < 1.29 is 19.0 Å². The molecule has 0 bridgehead atoms. The van der Waals surface area contributed by atoms with E-state index >= 15 is 0 Å². The Morgan fingerprint density at radius 1 is 1.14 bits per heavy atom. The van der Waals surface area contributed by atoms with Crippen molar-refractivity contribution in [2.45, 2.75) is 13.0 Å². The molecule has 28 heavy (non-hydrogen) atoms. The number of anilines is 1. The van der Waals surface area contributed by atoms with Gasteiger partial charge >= 0.3 is 0 Å². The molecule has 1 heterocycles. The van der Waals surface area contributed by atoms with Crippen molar-refractivity contribution in [3.63, 3.8) is 0 Å². The minimum atomic E-state index is -0.681. The Kier molecular flexibility index (Phi) is 5.81. The van der Waals surface area contributed by atoms with E-state index in [0.29, 0.717) is 28.7 Å². The summed E-state index contributed by atoms with van der Waals surface area (Å²) in [7, 11) is 0. The van der Waals surface area contributed by atoms with Crippen molar-refractivity contribution >= 4 is 11.7 Å². The molecule has 0 aliphatic rings. The molecular weight excluding hydrogens is 363 g/mol. The van der Waals surface area contributed by atoms with Gasteiger partial charge in [0.2, 0.25) is 0 Å². The van der Waals surface area contributed by atoms with Gasteiger partial charge in [-0.15, -0.1) is 0 Å². The van der Waals surface area contributed by atoms with Crippen LogP contribution in [0.2, 0.25) is 0 Å². The first-order valence-electron chi connectivity index (χ1n) is 8.55. The van der Waals surface area contributed by atoms with Crippen LogP contribution in [-0.4, -0.2) is 33.6 Å². The molecule has 3 rings (SSSR count). The number of nitrogens with zero attached hydrogens (tertiary/aromatic N) is 2. The van der Waals surface area contributed by atoms with Crippen LogP contribution in [0.5, 0.6) is 11.5 Å². The van der Waals surface area contributed by atoms with E-state index in [1.54, 1.807) is 31.2 Å². The molecule has 7 nitrogen and oxygen atoms in total. The van der Waals surface area contributed by atoms with Crippen LogP contribution in [0.3, 0.4) is 0 Å². The maximum Gasteiger partial charge on any atom is 0.267 e. The molecule has 0 spiro atoms. The van der Waals surface area contributed by atoms with Gasteiger partial charge in [-0.1, -0.05) is 0 Å². The second kappa shape index (κ2) is 8.45. The number of ether oxygens (including phenoxy) is 1. The summed E-state index contributed by atoms with van der Waals surface area (Å²) in [5.41, 5.74) is 6.07. The fraction of sp³-hybridized carbons (Fsp3) is 0.150. The summed E-state index contributed by atoms with van der Waals surface area (Å²) in [6.07, 6.45) is 0. The molecule has 4 N–H and O–H groups in total. The van der Waals surface area contributed by atoms with Crippen molar-refractivity contribution in [3.05, 3.63) is 66.1 Å². The lowest BCUT2D eigenvalue weighted by Crippen LogP contribution is -2.21. The van der Waals surface area contributed by atoms with Gasteiger partial charge in [0.15, 0.2) is 5.82 Å². The van der Waals surface area contributed by atoms with Crippen LogP contribution < -0.4 is 15.8 Å². The normalized spacial score (nSPS) is 11.7. The predicted molar refractivity (Wildman–Crippen MR) is 103 cm³/mol. The van der Waals surface area contributed by atoms with Crippen molar-refractivity contribution in [1.29, 1.82) is 0 Å². The van der Waals surface area contributed by atoms with E-state index < -0.39 is 5.91 Å². The molecule has 0 saturated carbocycles. The maximum atomic E-state index is 13.0. The standard InChI is InChI=1S/C20H19FN4O3/c1-12(11-26)23-18-10-17(19(22)27)24-20(25-18)13-2-6-15(7-3-13)28-16-8-4-14(21)5-9-16/h2-10,12,26H,11H2,1H3,(H2,22,27)(H,23,24,25). The van der Waals surface area contributed by atoms with E-state index in [9.17, 15) is 14.3 Å². The number of hydrogen-bond donors (Lipinski definition) is 3. The van der Waals surface area contributed by atoms with Gasteiger partial charge in [-0.05, 0) is 55.5 Å². The Balaban J connectivity index is 1.85. The Morgan fingerprint density at radius 2 is 1.75 bits per heavy atom. The molecular formula is C20H19FN4O3. The highest BCUT2D eigenvalue weighted by Crippen LogP contribution is 2.25. The second-order valence-corrected chi connectivity index (χ2v) is 6.13. The average Bonchev–Trinajstić information content (AvgIpc) is 2.70. The summed E-state index contributed by atoms with van der Waals surface area (Å²) in [5.74, 6) is 0.720. The molecule has 1 atom stereocenters. The third-order valence-electron chi connectivity index (χ3n) is 3.81. The zero-order valence-corrected chi connectivity index (χ0v) is 15.1. The molecule has 0 radical (unpaired) electrons. The lowest BCUT2D eigenvalue weighted by Gasteiger charge is -2.13. The summed E-state index contributed by atoms with van der Waals surface area (Å²) in [6.45, 7) is 1.67. The molecule has 144 valence electrons. The van der Waals surface area contributed by atoms with Crippen LogP contribution in [0.15, 0.2) is 54.6 Å². The van der Waals surface area contributed by atoms with Crippen molar-refractivity contribution in [1.82, 2.24) is 9.97 Å². The lowest BCUT2D eigenvalue weighted by molar-refractivity contribution is 0.0995. The highest BCUT2D eigenvalue weighted by Gasteiger charge is 2.12. The number of nitrogens with two attached hydrogens (primary N) is 1. The number of aliphatic hydroxyl groups is 1. The van der Waals surface area contributed by atoms with Crippen LogP contribution >= 0.6 is 0 Å². The number of primary amides is 1. The molecule has 0 aliphatic carbocycles. The Morgan fingerprint density at radius 3 is 2.32 bits per heavy atom. The molecule has 0 fully saturated rings. The van der Waals surface area contributed by atoms with Crippen LogP contribution in [-0.2, 0) is 0 Å². The third kappa shape index (κ3) is 4.80. The fourth-order valence-corrected chi connectivity index (χ4v) is 2.39. The van der Waals surface area contributed by atoms with E-state index in [1.165, 1.54) is 30.3 Å². The first kappa shape index (κ1) is 19.2. The molecule has 0 saturated heterocycles. The monoisotopic (exact) mass is 382 g/mol. The van der Waals surface area contributed by atoms with Gasteiger partial charge in [0, 0.05) is 17.7 Å². The summed E-state index contributed by atoms with van der Waals surface area (Å²) in [4.78, 5) is 20.1. The summed E-state index contributed by atoms with van der Waals surface area (Å²) in [6, 6.07) is 13.8. The third-order valence-corrected chi connectivity index (χ3v) is 3.81. The van der Waals surface area contributed by atoms with Gasteiger partial charge in [0.25, 0.3) is 5.91 Å². The van der Waals surface area contributed by atoms with Crippen molar-refractivity contribution in [3.8, 4) is 22.9 Å². The maximum absolute atomic E-state index is 13.0. The minimum absolute atomic E-state index is 0.0595. The van der Waals surface area contributed by atoms with Gasteiger partial charge in [-0.2, -0.15) is 0 Å².